The highest BCUT2D eigenvalue weighted by atomic mass is 16.5. The zero-order valence-corrected chi connectivity index (χ0v) is 12.3. The number of ether oxygens (including phenoxy) is 1. The molecule has 0 radical (unpaired) electrons. The van der Waals surface area contributed by atoms with Gasteiger partial charge in [0.15, 0.2) is 0 Å². The van der Waals surface area contributed by atoms with E-state index >= 15 is 0 Å². The van der Waals surface area contributed by atoms with Crippen LogP contribution in [-0.4, -0.2) is 35.8 Å². The van der Waals surface area contributed by atoms with E-state index in [1.165, 1.54) is 0 Å². The van der Waals surface area contributed by atoms with Gasteiger partial charge in [0.1, 0.15) is 6.23 Å². The molecule has 114 valence electrons. The number of aliphatic hydroxyl groups is 1. The van der Waals surface area contributed by atoms with Crippen LogP contribution in [0, 0.1) is 5.92 Å². The van der Waals surface area contributed by atoms with Gasteiger partial charge in [-0.2, -0.15) is 0 Å². The number of rotatable bonds is 3. The van der Waals surface area contributed by atoms with Gasteiger partial charge in [-0.1, -0.05) is 42.5 Å². The van der Waals surface area contributed by atoms with E-state index in [0.29, 0.717) is 5.69 Å². The second kappa shape index (κ2) is 6.15. The van der Waals surface area contributed by atoms with Crippen LogP contribution in [0.2, 0.25) is 0 Å². The Labute approximate surface area is 129 Å². The van der Waals surface area contributed by atoms with Gasteiger partial charge in [-0.05, 0) is 19.1 Å². The minimum absolute atomic E-state index is 0.141. The molecule has 0 saturated heterocycles. The van der Waals surface area contributed by atoms with Crippen LogP contribution in [0.5, 0.6) is 0 Å². The molecule has 3 unspecified atom stereocenters. The summed E-state index contributed by atoms with van der Waals surface area (Å²) in [5.41, 5.74) is 0.711. The van der Waals surface area contributed by atoms with Gasteiger partial charge in [0.25, 0.3) is 0 Å². The molecule has 1 aromatic carbocycles. The number of esters is 1. The molecule has 22 heavy (non-hydrogen) atoms. The Morgan fingerprint density at radius 2 is 2.00 bits per heavy atom. The normalized spacial score (nSPS) is 26.4. The summed E-state index contributed by atoms with van der Waals surface area (Å²) < 4.78 is 5.10. The van der Waals surface area contributed by atoms with Crippen molar-refractivity contribution in [2.75, 3.05) is 11.5 Å². The number of anilines is 1. The minimum Gasteiger partial charge on any atom is -0.460 e. The van der Waals surface area contributed by atoms with Crippen molar-refractivity contribution in [2.24, 2.45) is 10.9 Å². The van der Waals surface area contributed by atoms with Crippen molar-refractivity contribution in [3.63, 3.8) is 0 Å². The number of para-hydroxylation sites is 1. The van der Waals surface area contributed by atoms with Crippen molar-refractivity contribution in [3.8, 4) is 0 Å². The molecular weight excluding hydrogens is 280 g/mol. The summed E-state index contributed by atoms with van der Waals surface area (Å²) in [7, 11) is 0. The van der Waals surface area contributed by atoms with E-state index in [9.17, 15) is 9.90 Å². The number of carbonyl (C=O) groups is 1. The van der Waals surface area contributed by atoms with Crippen molar-refractivity contribution in [3.05, 3.63) is 54.6 Å². The van der Waals surface area contributed by atoms with Gasteiger partial charge in [-0.25, -0.2) is 4.79 Å². The van der Waals surface area contributed by atoms with Gasteiger partial charge < -0.3 is 9.84 Å². The van der Waals surface area contributed by atoms with Crippen molar-refractivity contribution < 1.29 is 14.6 Å². The first kappa shape index (κ1) is 14.5. The second-order valence-electron chi connectivity index (χ2n) is 5.13. The molecule has 0 amide bonds. The van der Waals surface area contributed by atoms with E-state index in [0.717, 1.165) is 0 Å². The van der Waals surface area contributed by atoms with Crippen LogP contribution in [-0.2, 0) is 9.53 Å². The van der Waals surface area contributed by atoms with Gasteiger partial charge in [-0.15, -0.1) is 0 Å². The maximum absolute atomic E-state index is 12.3. The van der Waals surface area contributed by atoms with E-state index in [-0.39, 0.29) is 24.4 Å². The number of hydrogen-bond acceptors (Lipinski definition) is 5. The Kier molecular flexibility index (Phi) is 4.06. The zero-order valence-electron chi connectivity index (χ0n) is 12.3. The van der Waals surface area contributed by atoms with Crippen LogP contribution in [0.15, 0.2) is 59.6 Å². The summed E-state index contributed by atoms with van der Waals surface area (Å²) in [6, 6.07) is 9.01. The largest absolute Gasteiger partial charge is 0.460 e. The number of benzene rings is 1. The Hall–Kier alpha value is -2.40. The van der Waals surface area contributed by atoms with Crippen LogP contribution in [0.4, 0.5) is 5.69 Å². The summed E-state index contributed by atoms with van der Waals surface area (Å²) in [4.78, 5) is 18.3. The third-order valence-electron chi connectivity index (χ3n) is 3.75. The molecule has 5 nitrogen and oxygen atoms in total. The van der Waals surface area contributed by atoms with Crippen LogP contribution in [0.1, 0.15) is 6.92 Å². The number of hydrogen-bond donors (Lipinski definition) is 1. The van der Waals surface area contributed by atoms with E-state index < -0.39 is 12.2 Å². The van der Waals surface area contributed by atoms with Crippen LogP contribution in [0.3, 0.4) is 0 Å². The number of nitrogens with zero attached hydrogens (tertiary/aromatic N) is 2. The lowest BCUT2D eigenvalue weighted by molar-refractivity contribution is -0.135. The SMILES string of the molecule is CCOC(=O)C1=NC2C=CC=CC2C(O)N1c1ccccc1. The maximum Gasteiger partial charge on any atom is 0.374 e. The molecule has 3 rings (SSSR count). The molecule has 1 aliphatic carbocycles. The van der Waals surface area contributed by atoms with Crippen LogP contribution >= 0.6 is 0 Å². The summed E-state index contributed by atoms with van der Waals surface area (Å²) in [5, 5.41) is 10.8. The van der Waals surface area contributed by atoms with E-state index in [1.807, 2.05) is 54.6 Å². The average Bonchev–Trinajstić information content (AvgIpc) is 2.56. The molecule has 1 N–H and O–H groups in total. The van der Waals surface area contributed by atoms with Gasteiger partial charge in [0.05, 0.1) is 12.6 Å². The molecule has 5 heteroatoms. The first-order chi connectivity index (χ1) is 10.7. The molecular formula is C17H18N2O3. The highest BCUT2D eigenvalue weighted by molar-refractivity contribution is 6.41. The molecule has 0 bridgehead atoms. The molecule has 0 saturated carbocycles. The summed E-state index contributed by atoms with van der Waals surface area (Å²) in [6.07, 6.45) is 6.69. The van der Waals surface area contributed by atoms with E-state index in [2.05, 4.69) is 4.99 Å². The number of amidine groups is 1. The molecule has 0 spiro atoms. The highest BCUT2D eigenvalue weighted by Gasteiger charge is 2.40. The van der Waals surface area contributed by atoms with Gasteiger partial charge in [-0.3, -0.25) is 9.89 Å². The zero-order chi connectivity index (χ0) is 15.5. The predicted molar refractivity (Wildman–Crippen MR) is 84.6 cm³/mol. The molecule has 0 fully saturated rings. The average molecular weight is 298 g/mol. The van der Waals surface area contributed by atoms with Gasteiger partial charge >= 0.3 is 5.97 Å². The third-order valence-corrected chi connectivity index (χ3v) is 3.75. The molecule has 1 aromatic rings. The summed E-state index contributed by atoms with van der Waals surface area (Å²) >= 11 is 0. The van der Waals surface area contributed by atoms with E-state index in [4.69, 9.17) is 4.74 Å². The number of carbonyl (C=O) groups excluding carboxylic acids is 1. The monoisotopic (exact) mass is 298 g/mol. The fourth-order valence-corrected chi connectivity index (χ4v) is 2.73. The van der Waals surface area contributed by atoms with Gasteiger partial charge in [0.2, 0.25) is 5.84 Å². The van der Waals surface area contributed by atoms with E-state index in [1.54, 1.807) is 11.8 Å². The Balaban J connectivity index is 2.05. The third kappa shape index (κ3) is 2.55. The predicted octanol–water partition coefficient (Wildman–Crippen LogP) is 1.90. The minimum atomic E-state index is -0.870. The fourth-order valence-electron chi connectivity index (χ4n) is 2.73. The lowest BCUT2D eigenvalue weighted by Crippen LogP contribution is -2.54. The summed E-state index contributed by atoms with van der Waals surface area (Å²) in [5.74, 6) is -0.572. The van der Waals surface area contributed by atoms with Crippen molar-refractivity contribution in [1.29, 1.82) is 0 Å². The van der Waals surface area contributed by atoms with Crippen LogP contribution < -0.4 is 4.90 Å². The topological polar surface area (TPSA) is 62.1 Å². The second-order valence-corrected chi connectivity index (χ2v) is 5.13. The number of aliphatic imine (C=N–C) groups is 1. The quantitative estimate of drug-likeness (QED) is 0.866. The Morgan fingerprint density at radius 1 is 1.27 bits per heavy atom. The van der Waals surface area contributed by atoms with Crippen molar-refractivity contribution >= 4 is 17.5 Å². The molecule has 1 aliphatic heterocycles. The number of allylic oxidation sites excluding steroid dienone is 2. The lowest BCUT2D eigenvalue weighted by atomic mass is 9.91. The Morgan fingerprint density at radius 3 is 2.73 bits per heavy atom. The fraction of sp³-hybridized carbons (Fsp3) is 0.294. The highest BCUT2D eigenvalue weighted by Crippen LogP contribution is 2.31. The lowest BCUT2D eigenvalue weighted by Gasteiger charge is -2.40. The van der Waals surface area contributed by atoms with Crippen molar-refractivity contribution in [2.45, 2.75) is 19.2 Å². The summed E-state index contributed by atoms with van der Waals surface area (Å²) in [6.45, 7) is 2.01. The van der Waals surface area contributed by atoms with Crippen LogP contribution in [0.25, 0.3) is 0 Å². The van der Waals surface area contributed by atoms with Gasteiger partial charge in [0, 0.05) is 11.6 Å². The molecule has 2 aliphatic rings. The molecule has 0 aromatic heterocycles. The van der Waals surface area contributed by atoms with Crippen molar-refractivity contribution in [1.82, 2.24) is 0 Å². The first-order valence-corrected chi connectivity index (χ1v) is 7.34. The molecule has 1 heterocycles. The smallest absolute Gasteiger partial charge is 0.374 e. The Bertz CT molecular complexity index is 637. The maximum atomic E-state index is 12.3. The number of aliphatic hydroxyl groups excluding tert-OH is 1. The molecule has 3 atom stereocenters. The standard InChI is InChI=1S/C17H18N2O3/c1-2-22-17(21)15-18-14-11-7-6-10-13(14)16(20)19(15)12-8-4-3-5-9-12/h3-11,13-14,16,20H,2H2,1H3. The number of fused-ring (bicyclic) bond motifs is 1. The first-order valence-electron chi connectivity index (χ1n) is 7.34.